The van der Waals surface area contributed by atoms with Gasteiger partial charge in [-0.1, -0.05) is 91.0 Å². The monoisotopic (exact) mass is 519 g/mol. The Hall–Kier alpha value is -4.32. The molecule has 0 saturated carbocycles. The lowest BCUT2D eigenvalue weighted by molar-refractivity contribution is -0.137. The number of carboxylic acid groups (broad SMARTS) is 1. The number of carbonyl (C=O) groups is 2. The van der Waals surface area contributed by atoms with Crippen molar-refractivity contribution in [2.75, 3.05) is 6.61 Å². The number of nitrogens with zero attached hydrogens (tertiary/aromatic N) is 1. The molecule has 198 valence electrons. The summed E-state index contributed by atoms with van der Waals surface area (Å²) >= 11 is 0. The van der Waals surface area contributed by atoms with Gasteiger partial charge in [0.15, 0.2) is 0 Å². The molecule has 0 aliphatic carbocycles. The third kappa shape index (κ3) is 7.84. The Morgan fingerprint density at radius 2 is 1.36 bits per heavy atom. The lowest BCUT2D eigenvalue weighted by atomic mass is 9.85. The standard InChI is InChI=1S/C33H34BNO4/c34-32(29-16-9-10-17-30(29)39-23-11-3-8-18-31(36)37)35(24-25-12-4-1-5-13-25)33(38)28-21-19-27(20-22-28)26-14-6-2-7-15-26/h1-2,4-7,9-10,12-17,19-22,32H,3,8,11,18,23-24,34H2,(H,36,37). The van der Waals surface area contributed by atoms with Gasteiger partial charge < -0.3 is 14.7 Å². The number of benzene rings is 4. The molecule has 0 aliphatic heterocycles. The maximum Gasteiger partial charge on any atom is 0.303 e. The Morgan fingerprint density at radius 3 is 2.05 bits per heavy atom. The van der Waals surface area contributed by atoms with Gasteiger partial charge >= 0.3 is 5.97 Å². The lowest BCUT2D eigenvalue weighted by Crippen LogP contribution is -2.35. The van der Waals surface area contributed by atoms with Crippen LogP contribution in [0.1, 0.15) is 53.1 Å². The van der Waals surface area contributed by atoms with Gasteiger partial charge in [0, 0.05) is 30.0 Å². The minimum absolute atomic E-state index is 0.0468. The summed E-state index contributed by atoms with van der Waals surface area (Å²) in [6.45, 7) is 0.960. The summed E-state index contributed by atoms with van der Waals surface area (Å²) in [6, 6.07) is 35.8. The smallest absolute Gasteiger partial charge is 0.303 e. The van der Waals surface area contributed by atoms with Crippen LogP contribution < -0.4 is 4.74 Å². The number of rotatable bonds is 13. The summed E-state index contributed by atoms with van der Waals surface area (Å²) in [7, 11) is 2.04. The molecule has 1 amide bonds. The Labute approximate surface area is 231 Å². The number of carboxylic acids is 1. The zero-order chi connectivity index (χ0) is 27.5. The van der Waals surface area contributed by atoms with E-state index in [2.05, 4.69) is 12.1 Å². The topological polar surface area (TPSA) is 66.8 Å². The Bertz CT molecular complexity index is 1340. The van der Waals surface area contributed by atoms with Gasteiger partial charge in [0.05, 0.1) is 6.61 Å². The van der Waals surface area contributed by atoms with Crippen LogP contribution in [0, 0.1) is 0 Å². The Kier molecular flexibility index (Phi) is 9.95. The van der Waals surface area contributed by atoms with Crippen LogP contribution >= 0.6 is 0 Å². The van der Waals surface area contributed by atoms with Crippen molar-refractivity contribution in [3.8, 4) is 16.9 Å². The molecular weight excluding hydrogens is 485 g/mol. The van der Waals surface area contributed by atoms with E-state index in [-0.39, 0.29) is 18.3 Å². The van der Waals surface area contributed by atoms with Crippen LogP contribution in [0.5, 0.6) is 5.75 Å². The number of ether oxygens (including phenoxy) is 1. The zero-order valence-electron chi connectivity index (χ0n) is 22.3. The molecule has 4 rings (SSSR count). The Morgan fingerprint density at radius 1 is 0.744 bits per heavy atom. The third-order valence-corrected chi connectivity index (χ3v) is 6.82. The predicted molar refractivity (Wildman–Crippen MR) is 158 cm³/mol. The molecule has 1 unspecified atom stereocenters. The van der Waals surface area contributed by atoms with E-state index in [1.807, 2.05) is 110 Å². The van der Waals surface area contributed by atoms with Crippen LogP contribution in [-0.4, -0.2) is 36.3 Å². The maximum absolute atomic E-state index is 13.9. The first kappa shape index (κ1) is 27.7. The molecule has 0 aliphatic rings. The van der Waals surface area contributed by atoms with E-state index in [0.717, 1.165) is 40.8 Å². The average Bonchev–Trinajstić information content (AvgIpc) is 2.98. The van der Waals surface area contributed by atoms with Crippen molar-refractivity contribution < 1.29 is 19.4 Å². The largest absolute Gasteiger partial charge is 0.493 e. The van der Waals surface area contributed by atoms with Gasteiger partial charge in [-0.3, -0.25) is 9.59 Å². The molecule has 0 fully saturated rings. The summed E-state index contributed by atoms with van der Waals surface area (Å²) in [5, 5.41) is 8.83. The van der Waals surface area contributed by atoms with Crippen molar-refractivity contribution in [3.05, 3.63) is 126 Å². The lowest BCUT2D eigenvalue weighted by Gasteiger charge is -2.31. The van der Waals surface area contributed by atoms with E-state index in [9.17, 15) is 9.59 Å². The first-order chi connectivity index (χ1) is 19.0. The highest BCUT2D eigenvalue weighted by Crippen LogP contribution is 2.30. The normalized spacial score (nSPS) is 11.5. The van der Waals surface area contributed by atoms with Gasteiger partial charge in [-0.05, 0) is 54.2 Å². The molecule has 4 aromatic rings. The molecule has 5 nitrogen and oxygen atoms in total. The number of para-hydroxylation sites is 1. The second-order valence-corrected chi connectivity index (χ2v) is 9.63. The molecule has 0 aromatic heterocycles. The number of hydrogen-bond donors (Lipinski definition) is 1. The summed E-state index contributed by atoms with van der Waals surface area (Å²) in [5.74, 6) is -0.314. The quantitative estimate of drug-likeness (QED) is 0.165. The predicted octanol–water partition coefficient (Wildman–Crippen LogP) is 6.35. The van der Waals surface area contributed by atoms with E-state index < -0.39 is 5.97 Å². The van der Waals surface area contributed by atoms with Crippen molar-refractivity contribution in [2.45, 2.75) is 38.2 Å². The molecule has 0 heterocycles. The number of aliphatic carboxylic acids is 1. The van der Waals surface area contributed by atoms with Crippen LogP contribution in [0.3, 0.4) is 0 Å². The second-order valence-electron chi connectivity index (χ2n) is 9.63. The highest BCUT2D eigenvalue weighted by molar-refractivity contribution is 6.14. The number of amides is 1. The third-order valence-electron chi connectivity index (χ3n) is 6.82. The van der Waals surface area contributed by atoms with Gasteiger partial charge in [0.1, 0.15) is 13.6 Å². The van der Waals surface area contributed by atoms with Gasteiger partial charge in [0.2, 0.25) is 0 Å². The van der Waals surface area contributed by atoms with Crippen molar-refractivity contribution >= 4 is 19.7 Å². The molecule has 0 bridgehead atoms. The van der Waals surface area contributed by atoms with Crippen molar-refractivity contribution in [3.63, 3.8) is 0 Å². The fourth-order valence-corrected chi connectivity index (χ4v) is 4.63. The van der Waals surface area contributed by atoms with E-state index in [4.69, 9.17) is 9.84 Å². The van der Waals surface area contributed by atoms with Gasteiger partial charge in [0.25, 0.3) is 5.91 Å². The first-order valence-corrected chi connectivity index (χ1v) is 13.5. The highest BCUT2D eigenvalue weighted by atomic mass is 16.5. The van der Waals surface area contributed by atoms with Gasteiger partial charge in [-0.2, -0.15) is 0 Å². The molecule has 0 spiro atoms. The first-order valence-electron chi connectivity index (χ1n) is 13.5. The minimum atomic E-state index is -0.770. The van der Waals surface area contributed by atoms with Crippen LogP contribution in [0.25, 0.3) is 11.1 Å². The summed E-state index contributed by atoms with van der Waals surface area (Å²) in [4.78, 5) is 26.6. The van der Waals surface area contributed by atoms with Crippen molar-refractivity contribution in [2.24, 2.45) is 0 Å². The molecule has 6 heteroatoms. The van der Waals surface area contributed by atoms with Gasteiger partial charge in [-0.25, -0.2) is 0 Å². The van der Waals surface area contributed by atoms with E-state index in [1.54, 1.807) is 0 Å². The SMILES string of the molecule is BC(c1ccccc1OCCCCCC(=O)O)N(Cc1ccccc1)C(=O)c1ccc(-c2ccccc2)cc1. The van der Waals surface area contributed by atoms with Crippen molar-refractivity contribution in [1.82, 2.24) is 4.90 Å². The van der Waals surface area contributed by atoms with Crippen LogP contribution in [0.2, 0.25) is 0 Å². The fourth-order valence-electron chi connectivity index (χ4n) is 4.63. The second kappa shape index (κ2) is 14.0. The van der Waals surface area contributed by atoms with E-state index in [1.165, 1.54) is 0 Å². The molecular formula is C33H34BNO4. The molecule has 1 atom stereocenters. The molecule has 0 saturated heterocycles. The van der Waals surface area contributed by atoms with Crippen molar-refractivity contribution in [1.29, 1.82) is 0 Å². The average molecular weight is 519 g/mol. The van der Waals surface area contributed by atoms with Gasteiger partial charge in [-0.15, -0.1) is 0 Å². The van der Waals surface area contributed by atoms with Crippen LogP contribution in [-0.2, 0) is 11.3 Å². The van der Waals surface area contributed by atoms with Crippen LogP contribution in [0.4, 0.5) is 0 Å². The molecule has 0 radical (unpaired) electrons. The minimum Gasteiger partial charge on any atom is -0.493 e. The summed E-state index contributed by atoms with van der Waals surface area (Å²) in [6.07, 6.45) is 2.38. The number of carbonyl (C=O) groups excluding carboxylic acids is 1. The number of unbranched alkanes of at least 4 members (excludes halogenated alkanes) is 2. The van der Waals surface area contributed by atoms with E-state index in [0.29, 0.717) is 25.1 Å². The molecule has 1 N–H and O–H groups in total. The fraction of sp³-hybridized carbons (Fsp3) is 0.212. The Balaban J connectivity index is 1.54. The zero-order valence-corrected chi connectivity index (χ0v) is 22.3. The molecule has 4 aromatic carbocycles. The molecule has 39 heavy (non-hydrogen) atoms. The van der Waals surface area contributed by atoms with E-state index >= 15 is 0 Å². The summed E-state index contributed by atoms with van der Waals surface area (Å²) < 4.78 is 6.13. The highest BCUT2D eigenvalue weighted by Gasteiger charge is 2.25. The maximum atomic E-state index is 13.9. The van der Waals surface area contributed by atoms with Crippen LogP contribution in [0.15, 0.2) is 109 Å². The number of hydrogen-bond acceptors (Lipinski definition) is 3. The summed E-state index contributed by atoms with van der Waals surface area (Å²) in [5.41, 5.74) is 4.80.